The first-order valence-electron chi connectivity index (χ1n) is 6.21. The number of nitrogens with one attached hydrogen (secondary N) is 2. The van der Waals surface area contributed by atoms with Crippen molar-refractivity contribution in [3.8, 4) is 0 Å². The molecule has 7 heteroatoms. The molecule has 0 radical (unpaired) electrons. The first kappa shape index (κ1) is 14.4. The van der Waals surface area contributed by atoms with Gasteiger partial charge >= 0.3 is 0 Å². The number of aryl methyl sites for hydroxylation is 1. The molecule has 2 N–H and O–H groups in total. The van der Waals surface area contributed by atoms with Crippen molar-refractivity contribution in [1.29, 1.82) is 0 Å². The van der Waals surface area contributed by atoms with E-state index in [9.17, 15) is 9.59 Å². The van der Waals surface area contributed by atoms with Crippen LogP contribution in [0.5, 0.6) is 0 Å². The van der Waals surface area contributed by atoms with Gasteiger partial charge in [0.05, 0.1) is 0 Å². The fraction of sp³-hybridized carbons (Fsp3) is 0.143. The van der Waals surface area contributed by atoms with E-state index in [0.717, 1.165) is 0 Å². The maximum Gasteiger partial charge on any atom is 0.275 e. The fourth-order valence-electron chi connectivity index (χ4n) is 1.55. The van der Waals surface area contributed by atoms with Gasteiger partial charge in [-0.15, -0.1) is 6.58 Å². The molecule has 0 saturated carbocycles. The van der Waals surface area contributed by atoms with Crippen LogP contribution in [0.25, 0.3) is 0 Å². The molecule has 2 rings (SSSR count). The second kappa shape index (κ2) is 6.47. The first-order chi connectivity index (χ1) is 10.1. The summed E-state index contributed by atoms with van der Waals surface area (Å²) in [6.07, 6.45) is 1.56. The molecule has 0 unspecified atom stereocenters. The zero-order valence-electron chi connectivity index (χ0n) is 11.4. The summed E-state index contributed by atoms with van der Waals surface area (Å²) in [5.74, 6) is 0.0279. The lowest BCUT2D eigenvalue weighted by Crippen LogP contribution is -2.25. The molecule has 0 aliphatic rings. The van der Waals surface area contributed by atoms with Crippen LogP contribution >= 0.6 is 0 Å². The second-order valence-corrected chi connectivity index (χ2v) is 4.18. The Morgan fingerprint density at radius 3 is 2.67 bits per heavy atom. The number of amides is 2. The van der Waals surface area contributed by atoms with Gasteiger partial charge in [-0.1, -0.05) is 17.3 Å². The molecule has 0 aliphatic heterocycles. The quantitative estimate of drug-likeness (QED) is 0.813. The molecule has 2 heterocycles. The molecule has 0 atom stereocenters. The Labute approximate surface area is 121 Å². The van der Waals surface area contributed by atoms with Crippen molar-refractivity contribution in [1.82, 2.24) is 15.5 Å². The molecule has 0 bridgehead atoms. The number of hydrogen-bond donors (Lipinski definition) is 2. The monoisotopic (exact) mass is 286 g/mol. The number of pyridine rings is 1. The standard InChI is InChI=1S/C14H14N4O3/c1-3-7-15-13(19)10-5-4-6-11(16-10)14(20)17-12-8-9(2)21-18-12/h3-6,8H,1,7H2,2H3,(H,15,19)(H,17,18,20). The van der Waals surface area contributed by atoms with Crippen LogP contribution in [0.4, 0.5) is 5.82 Å². The Bertz CT molecular complexity index is 678. The fourth-order valence-corrected chi connectivity index (χ4v) is 1.55. The van der Waals surface area contributed by atoms with Crippen molar-refractivity contribution in [3.05, 3.63) is 54.1 Å². The summed E-state index contributed by atoms with van der Waals surface area (Å²) in [4.78, 5) is 27.8. The van der Waals surface area contributed by atoms with Crippen LogP contribution in [0.3, 0.4) is 0 Å². The van der Waals surface area contributed by atoms with Crippen LogP contribution in [0.15, 0.2) is 41.4 Å². The van der Waals surface area contributed by atoms with Crippen molar-refractivity contribution in [2.75, 3.05) is 11.9 Å². The third-order valence-electron chi connectivity index (χ3n) is 2.49. The van der Waals surface area contributed by atoms with Crippen molar-refractivity contribution in [3.63, 3.8) is 0 Å². The van der Waals surface area contributed by atoms with E-state index in [0.29, 0.717) is 18.1 Å². The average molecular weight is 286 g/mol. The molecule has 21 heavy (non-hydrogen) atoms. The van der Waals surface area contributed by atoms with E-state index in [4.69, 9.17) is 4.52 Å². The maximum absolute atomic E-state index is 12.0. The Kier molecular flexibility index (Phi) is 4.45. The highest BCUT2D eigenvalue weighted by atomic mass is 16.5. The van der Waals surface area contributed by atoms with E-state index < -0.39 is 5.91 Å². The number of carbonyl (C=O) groups is 2. The summed E-state index contributed by atoms with van der Waals surface area (Å²) in [5.41, 5.74) is 0.266. The number of nitrogens with zero attached hydrogens (tertiary/aromatic N) is 2. The van der Waals surface area contributed by atoms with Gasteiger partial charge in [-0.05, 0) is 19.1 Å². The molecule has 2 aromatic rings. The highest BCUT2D eigenvalue weighted by Crippen LogP contribution is 2.09. The summed E-state index contributed by atoms with van der Waals surface area (Å²) in [5, 5.41) is 8.78. The Morgan fingerprint density at radius 1 is 1.33 bits per heavy atom. The molecule has 2 aromatic heterocycles. The van der Waals surface area contributed by atoms with Crippen LogP contribution in [0, 0.1) is 6.92 Å². The van der Waals surface area contributed by atoms with Crippen molar-refractivity contribution in [2.24, 2.45) is 0 Å². The number of hydrogen-bond acceptors (Lipinski definition) is 5. The van der Waals surface area contributed by atoms with Crippen LogP contribution in [0.2, 0.25) is 0 Å². The molecular formula is C14H14N4O3. The Morgan fingerprint density at radius 2 is 2.05 bits per heavy atom. The Hall–Kier alpha value is -2.96. The molecule has 0 aromatic carbocycles. The molecule has 108 valence electrons. The summed E-state index contributed by atoms with van der Waals surface area (Å²) in [7, 11) is 0. The third kappa shape index (κ3) is 3.75. The van der Waals surface area contributed by atoms with Gasteiger partial charge in [0.1, 0.15) is 17.1 Å². The molecule has 0 fully saturated rings. The summed E-state index contributed by atoms with van der Waals surface area (Å²) < 4.78 is 4.85. The predicted octanol–water partition coefficient (Wildman–Crippen LogP) is 1.55. The van der Waals surface area contributed by atoms with E-state index in [-0.39, 0.29) is 17.3 Å². The second-order valence-electron chi connectivity index (χ2n) is 4.18. The van der Waals surface area contributed by atoms with Crippen molar-refractivity contribution in [2.45, 2.75) is 6.92 Å². The largest absolute Gasteiger partial charge is 0.360 e. The van der Waals surface area contributed by atoms with E-state index in [2.05, 4.69) is 27.4 Å². The normalized spacial score (nSPS) is 9.95. The number of carbonyl (C=O) groups excluding carboxylic acids is 2. The van der Waals surface area contributed by atoms with Crippen LogP contribution in [0.1, 0.15) is 26.7 Å². The van der Waals surface area contributed by atoms with Gasteiger partial charge in [0.15, 0.2) is 5.82 Å². The van der Waals surface area contributed by atoms with Gasteiger partial charge in [0, 0.05) is 12.6 Å². The molecule has 7 nitrogen and oxygen atoms in total. The molecule has 0 spiro atoms. The predicted molar refractivity (Wildman–Crippen MR) is 76.0 cm³/mol. The minimum absolute atomic E-state index is 0.113. The lowest BCUT2D eigenvalue weighted by Gasteiger charge is -2.04. The Balaban J connectivity index is 2.11. The average Bonchev–Trinajstić information content (AvgIpc) is 2.90. The minimum Gasteiger partial charge on any atom is -0.360 e. The van der Waals surface area contributed by atoms with Gasteiger partial charge in [-0.3, -0.25) is 9.59 Å². The van der Waals surface area contributed by atoms with E-state index in [1.54, 1.807) is 25.1 Å². The van der Waals surface area contributed by atoms with E-state index in [1.807, 2.05) is 0 Å². The van der Waals surface area contributed by atoms with Gasteiger partial charge in [0.25, 0.3) is 11.8 Å². The topological polar surface area (TPSA) is 97.1 Å². The lowest BCUT2D eigenvalue weighted by atomic mass is 10.2. The van der Waals surface area contributed by atoms with Crippen LogP contribution < -0.4 is 10.6 Å². The van der Waals surface area contributed by atoms with Crippen LogP contribution in [-0.2, 0) is 0 Å². The summed E-state index contributed by atoms with van der Waals surface area (Å²) in [6, 6.07) is 6.19. The number of rotatable bonds is 5. The number of anilines is 1. The molecule has 0 aliphatic carbocycles. The van der Waals surface area contributed by atoms with Gasteiger partial charge in [-0.25, -0.2) is 4.98 Å². The van der Waals surface area contributed by atoms with Gasteiger partial charge in [-0.2, -0.15) is 0 Å². The molecule has 0 saturated heterocycles. The summed E-state index contributed by atoms with van der Waals surface area (Å²) in [6.45, 7) is 5.55. The minimum atomic E-state index is -0.471. The van der Waals surface area contributed by atoms with Crippen molar-refractivity contribution >= 4 is 17.6 Å². The maximum atomic E-state index is 12.0. The SMILES string of the molecule is C=CCNC(=O)c1cccc(C(=O)Nc2cc(C)on2)n1. The molecular weight excluding hydrogens is 272 g/mol. The highest BCUT2D eigenvalue weighted by molar-refractivity contribution is 6.03. The summed E-state index contributed by atoms with van der Waals surface area (Å²) >= 11 is 0. The zero-order valence-corrected chi connectivity index (χ0v) is 11.4. The lowest BCUT2D eigenvalue weighted by molar-refractivity contribution is 0.0953. The smallest absolute Gasteiger partial charge is 0.275 e. The van der Waals surface area contributed by atoms with E-state index in [1.165, 1.54) is 12.1 Å². The van der Waals surface area contributed by atoms with Gasteiger partial charge in [0.2, 0.25) is 0 Å². The highest BCUT2D eigenvalue weighted by Gasteiger charge is 2.13. The zero-order chi connectivity index (χ0) is 15.2. The van der Waals surface area contributed by atoms with Crippen LogP contribution in [-0.4, -0.2) is 28.5 Å². The number of aromatic nitrogens is 2. The van der Waals surface area contributed by atoms with E-state index >= 15 is 0 Å². The third-order valence-corrected chi connectivity index (χ3v) is 2.49. The molecule has 2 amide bonds. The van der Waals surface area contributed by atoms with Crippen molar-refractivity contribution < 1.29 is 14.1 Å². The first-order valence-corrected chi connectivity index (χ1v) is 6.21. The van der Waals surface area contributed by atoms with Gasteiger partial charge < -0.3 is 15.2 Å².